The summed E-state index contributed by atoms with van der Waals surface area (Å²) in [6.45, 7) is 1.65. The Bertz CT molecular complexity index is 1230. The number of halogens is 1. The number of nitrogens with zero attached hydrogens (tertiary/aromatic N) is 3. The van der Waals surface area contributed by atoms with Gasteiger partial charge in [0.15, 0.2) is 0 Å². The molecule has 0 radical (unpaired) electrons. The van der Waals surface area contributed by atoms with Gasteiger partial charge < -0.3 is 14.5 Å². The molecular formula is C24H23ClN4O. The minimum atomic E-state index is 0.0593. The van der Waals surface area contributed by atoms with E-state index in [9.17, 15) is 4.79 Å². The Morgan fingerprint density at radius 3 is 2.70 bits per heavy atom. The number of amides is 1. The molecule has 30 heavy (non-hydrogen) atoms. The van der Waals surface area contributed by atoms with Gasteiger partial charge in [-0.25, -0.2) is 4.98 Å². The summed E-state index contributed by atoms with van der Waals surface area (Å²) in [4.78, 5) is 22.8. The molecule has 4 aromatic rings. The number of benzene rings is 2. The maximum absolute atomic E-state index is 12.8. The fraction of sp³-hybridized carbons (Fsp3) is 0.250. The highest BCUT2D eigenvalue weighted by Gasteiger charge is 2.20. The van der Waals surface area contributed by atoms with Gasteiger partial charge >= 0.3 is 0 Å². The Morgan fingerprint density at radius 2 is 1.90 bits per heavy atom. The molecule has 152 valence electrons. The number of hydrogen-bond acceptors (Lipinski definition) is 2. The van der Waals surface area contributed by atoms with Crippen molar-refractivity contribution >= 4 is 28.4 Å². The molecule has 5 nitrogen and oxygen atoms in total. The Labute approximate surface area is 180 Å². The van der Waals surface area contributed by atoms with E-state index in [1.807, 2.05) is 47.1 Å². The number of H-pyrrole nitrogens is 1. The monoisotopic (exact) mass is 418 g/mol. The molecule has 2 aromatic heterocycles. The van der Waals surface area contributed by atoms with Crippen molar-refractivity contribution in [2.75, 3.05) is 13.1 Å². The van der Waals surface area contributed by atoms with E-state index in [0.29, 0.717) is 10.6 Å². The molecule has 1 aliphatic rings. The number of aromatic nitrogens is 3. The molecule has 0 atom stereocenters. The first-order valence-corrected chi connectivity index (χ1v) is 10.7. The highest BCUT2D eigenvalue weighted by molar-refractivity contribution is 6.33. The second kappa shape index (κ2) is 7.65. The maximum atomic E-state index is 12.8. The van der Waals surface area contributed by atoms with Crippen molar-refractivity contribution in [3.8, 4) is 22.6 Å². The largest absolute Gasteiger partial charge is 0.361 e. The number of carbonyl (C=O) groups excluding carboxylic acids is 1. The lowest BCUT2D eigenvalue weighted by Gasteiger charge is -2.26. The summed E-state index contributed by atoms with van der Waals surface area (Å²) in [7, 11) is 1.99. The number of hydrogen-bond donors (Lipinski definition) is 1. The van der Waals surface area contributed by atoms with Crippen molar-refractivity contribution in [1.29, 1.82) is 0 Å². The molecule has 1 saturated heterocycles. The predicted octanol–water partition coefficient (Wildman–Crippen LogP) is 5.51. The smallest absolute Gasteiger partial charge is 0.253 e. The van der Waals surface area contributed by atoms with E-state index in [4.69, 9.17) is 16.6 Å². The first-order valence-electron chi connectivity index (χ1n) is 10.3. The molecule has 2 aromatic carbocycles. The fourth-order valence-electron chi connectivity index (χ4n) is 4.26. The van der Waals surface area contributed by atoms with Crippen LogP contribution >= 0.6 is 11.6 Å². The van der Waals surface area contributed by atoms with Gasteiger partial charge in [-0.3, -0.25) is 4.79 Å². The van der Waals surface area contributed by atoms with Gasteiger partial charge in [0.25, 0.3) is 5.91 Å². The molecule has 0 spiro atoms. The van der Waals surface area contributed by atoms with E-state index in [-0.39, 0.29) is 5.91 Å². The van der Waals surface area contributed by atoms with Gasteiger partial charge in [0.05, 0.1) is 10.7 Å². The van der Waals surface area contributed by atoms with Gasteiger partial charge in [0.1, 0.15) is 5.82 Å². The number of rotatable bonds is 3. The molecule has 1 N–H and O–H groups in total. The molecule has 0 unspecified atom stereocenters. The second-order valence-electron chi connectivity index (χ2n) is 7.85. The summed E-state index contributed by atoms with van der Waals surface area (Å²) >= 11 is 6.61. The van der Waals surface area contributed by atoms with Crippen LogP contribution in [0.2, 0.25) is 5.02 Å². The predicted molar refractivity (Wildman–Crippen MR) is 121 cm³/mol. The summed E-state index contributed by atoms with van der Waals surface area (Å²) in [5.74, 6) is 0.934. The topological polar surface area (TPSA) is 53.9 Å². The zero-order chi connectivity index (χ0) is 20.7. The van der Waals surface area contributed by atoms with Crippen LogP contribution in [0.5, 0.6) is 0 Å². The van der Waals surface area contributed by atoms with Gasteiger partial charge in [0, 0.05) is 60.1 Å². The summed E-state index contributed by atoms with van der Waals surface area (Å²) in [5.41, 5.74) is 4.40. The van der Waals surface area contributed by atoms with Gasteiger partial charge in [-0.1, -0.05) is 29.8 Å². The van der Waals surface area contributed by atoms with Crippen LogP contribution in [0.25, 0.3) is 33.5 Å². The molecule has 1 amide bonds. The van der Waals surface area contributed by atoms with E-state index in [1.165, 1.54) is 6.42 Å². The Balaban J connectivity index is 1.49. The highest BCUT2D eigenvalue weighted by atomic mass is 35.5. The summed E-state index contributed by atoms with van der Waals surface area (Å²) < 4.78 is 2.01. The third-order valence-electron chi connectivity index (χ3n) is 5.85. The van der Waals surface area contributed by atoms with Crippen molar-refractivity contribution in [2.24, 2.45) is 7.05 Å². The summed E-state index contributed by atoms with van der Waals surface area (Å²) in [6.07, 6.45) is 7.26. The Kier molecular flexibility index (Phi) is 4.83. The first-order chi connectivity index (χ1) is 14.6. The van der Waals surface area contributed by atoms with Crippen LogP contribution in [-0.2, 0) is 7.05 Å². The molecule has 6 heteroatoms. The molecule has 5 rings (SSSR count). The molecule has 0 aliphatic carbocycles. The van der Waals surface area contributed by atoms with Crippen LogP contribution in [0.4, 0.5) is 0 Å². The first kappa shape index (κ1) is 18.9. The number of carbonyl (C=O) groups is 1. The Morgan fingerprint density at radius 1 is 1.07 bits per heavy atom. The molecule has 3 heterocycles. The number of likely N-dealkylation sites (tertiary alicyclic amines) is 1. The van der Waals surface area contributed by atoms with Gasteiger partial charge in [-0.05, 0) is 43.5 Å². The third-order valence-corrected chi connectivity index (χ3v) is 6.16. The molecular weight excluding hydrogens is 396 g/mol. The third kappa shape index (κ3) is 3.29. The lowest BCUT2D eigenvalue weighted by atomic mass is 10.1. The zero-order valence-electron chi connectivity index (χ0n) is 16.9. The van der Waals surface area contributed by atoms with E-state index in [1.54, 1.807) is 6.07 Å². The SMILES string of the molecule is Cn1cc(-c2ccc(C(=O)N3CCCCC3)cc2Cl)nc1-c1cccc2[nH]ccc12. The van der Waals surface area contributed by atoms with E-state index in [2.05, 4.69) is 23.2 Å². The van der Waals surface area contributed by atoms with Crippen molar-refractivity contribution in [2.45, 2.75) is 19.3 Å². The van der Waals surface area contributed by atoms with E-state index < -0.39 is 0 Å². The van der Waals surface area contributed by atoms with Crippen molar-refractivity contribution in [3.05, 3.63) is 65.4 Å². The summed E-state index contributed by atoms with van der Waals surface area (Å²) in [5, 5.41) is 1.67. The summed E-state index contributed by atoms with van der Waals surface area (Å²) in [6, 6.07) is 13.8. The van der Waals surface area contributed by atoms with Crippen LogP contribution in [0.3, 0.4) is 0 Å². The molecule has 1 aliphatic heterocycles. The van der Waals surface area contributed by atoms with Crippen LogP contribution < -0.4 is 0 Å². The maximum Gasteiger partial charge on any atom is 0.253 e. The standard InChI is InChI=1S/C24H23ClN4O/c1-28-15-22(27-23(28)18-6-5-7-21-17(18)10-11-26-21)19-9-8-16(14-20(19)25)24(30)29-12-3-2-4-13-29/h5-11,14-15,26H,2-4,12-13H2,1H3. The zero-order valence-corrected chi connectivity index (χ0v) is 17.6. The molecule has 0 bridgehead atoms. The van der Waals surface area contributed by atoms with Crippen LogP contribution in [0.1, 0.15) is 29.6 Å². The van der Waals surface area contributed by atoms with Crippen LogP contribution in [0.15, 0.2) is 54.9 Å². The number of fused-ring (bicyclic) bond motifs is 1. The lowest BCUT2D eigenvalue weighted by molar-refractivity contribution is 0.0724. The second-order valence-corrected chi connectivity index (χ2v) is 8.26. The number of imidazole rings is 1. The van der Waals surface area contributed by atoms with Crippen LogP contribution in [-0.4, -0.2) is 38.4 Å². The molecule has 1 fully saturated rings. The Hall–Kier alpha value is -3.05. The number of aromatic amines is 1. The average molecular weight is 419 g/mol. The highest BCUT2D eigenvalue weighted by Crippen LogP contribution is 2.33. The molecule has 0 saturated carbocycles. The van der Waals surface area contributed by atoms with Crippen LogP contribution in [0, 0.1) is 0 Å². The van der Waals surface area contributed by atoms with E-state index in [0.717, 1.165) is 59.5 Å². The number of aryl methyl sites for hydroxylation is 1. The van der Waals surface area contributed by atoms with Crippen molar-refractivity contribution in [1.82, 2.24) is 19.4 Å². The number of nitrogens with one attached hydrogen (secondary N) is 1. The average Bonchev–Trinajstić information content (AvgIpc) is 3.40. The number of piperidine rings is 1. The lowest BCUT2D eigenvalue weighted by Crippen LogP contribution is -2.35. The minimum absolute atomic E-state index is 0.0593. The fourth-order valence-corrected chi connectivity index (χ4v) is 4.54. The van der Waals surface area contributed by atoms with Gasteiger partial charge in [0.2, 0.25) is 0 Å². The van der Waals surface area contributed by atoms with Gasteiger partial charge in [-0.15, -0.1) is 0 Å². The normalized spacial score (nSPS) is 14.4. The van der Waals surface area contributed by atoms with E-state index >= 15 is 0 Å². The van der Waals surface area contributed by atoms with Crippen molar-refractivity contribution < 1.29 is 4.79 Å². The minimum Gasteiger partial charge on any atom is -0.361 e. The van der Waals surface area contributed by atoms with Gasteiger partial charge in [-0.2, -0.15) is 0 Å². The quantitative estimate of drug-likeness (QED) is 0.476. The van der Waals surface area contributed by atoms with Crippen molar-refractivity contribution in [3.63, 3.8) is 0 Å².